The normalized spacial score (nSPS) is 12.3. The molecule has 0 radical (unpaired) electrons. The Labute approximate surface area is 137 Å². The zero-order valence-electron chi connectivity index (χ0n) is 13.2. The van der Waals surface area contributed by atoms with Crippen LogP contribution in [0.15, 0.2) is 0 Å². The Morgan fingerprint density at radius 3 is 0.619 bits per heavy atom. The van der Waals surface area contributed by atoms with Crippen molar-refractivity contribution < 1.29 is 0 Å². The number of aryl methyl sites for hydroxylation is 6. The summed E-state index contributed by atoms with van der Waals surface area (Å²) >= 11 is 5.87. The average molecular weight is 331 g/mol. The summed E-state index contributed by atoms with van der Waals surface area (Å²) in [6.45, 7) is 13.7. The van der Waals surface area contributed by atoms with Crippen LogP contribution in [0, 0.1) is 41.5 Å². The molecule has 0 fully saturated rings. The second-order valence-electron chi connectivity index (χ2n) is 5.89. The predicted molar refractivity (Wildman–Crippen MR) is 101 cm³/mol. The first-order chi connectivity index (χ1) is 9.91. The van der Waals surface area contributed by atoms with Crippen LogP contribution < -0.4 is 0 Å². The first-order valence-electron chi connectivity index (χ1n) is 7.22. The molecule has 0 aliphatic rings. The van der Waals surface area contributed by atoms with E-state index in [4.69, 9.17) is 0 Å². The van der Waals surface area contributed by atoms with E-state index in [0.29, 0.717) is 0 Å². The quantitative estimate of drug-likeness (QED) is 0.320. The molecule has 0 saturated heterocycles. The number of rotatable bonds is 0. The molecular formula is C18H18S3. The van der Waals surface area contributed by atoms with Crippen LogP contribution in [0.4, 0.5) is 0 Å². The Bertz CT molecular complexity index is 797. The van der Waals surface area contributed by atoms with Gasteiger partial charge in [0.1, 0.15) is 0 Å². The Balaban J connectivity index is 2.55. The first kappa shape index (κ1) is 13.7. The smallest absolute Gasteiger partial charge is 0.0102 e. The van der Waals surface area contributed by atoms with Crippen LogP contribution in [0.1, 0.15) is 29.3 Å². The van der Waals surface area contributed by atoms with Crippen molar-refractivity contribution in [2.24, 2.45) is 0 Å². The maximum atomic E-state index is 2.28. The number of hydrogen-bond donors (Lipinski definition) is 0. The highest BCUT2D eigenvalue weighted by Gasteiger charge is 2.22. The van der Waals surface area contributed by atoms with Gasteiger partial charge in [0, 0.05) is 61.6 Å². The molecule has 0 spiro atoms. The third kappa shape index (κ3) is 1.60. The highest BCUT2D eigenvalue weighted by atomic mass is 32.1. The SMILES string of the molecule is Cc1sc(C)c2c1c1c(C)sc(C)c1c1c(C)sc(C)c21. The van der Waals surface area contributed by atoms with Gasteiger partial charge in [0.2, 0.25) is 0 Å². The molecule has 3 aromatic heterocycles. The molecule has 0 unspecified atom stereocenters. The van der Waals surface area contributed by atoms with Crippen LogP contribution in [0.3, 0.4) is 0 Å². The Hall–Kier alpha value is -0.900. The first-order valence-corrected chi connectivity index (χ1v) is 9.67. The van der Waals surface area contributed by atoms with Crippen molar-refractivity contribution in [1.82, 2.24) is 0 Å². The highest BCUT2D eigenvalue weighted by Crippen LogP contribution is 2.49. The average Bonchev–Trinajstić information content (AvgIpc) is 2.96. The van der Waals surface area contributed by atoms with E-state index in [0.717, 1.165) is 0 Å². The van der Waals surface area contributed by atoms with Crippen molar-refractivity contribution in [3.05, 3.63) is 29.3 Å². The third-order valence-corrected chi connectivity index (χ3v) is 7.59. The molecule has 4 rings (SSSR count). The molecule has 108 valence electrons. The van der Waals surface area contributed by atoms with E-state index in [1.807, 2.05) is 34.0 Å². The zero-order chi connectivity index (χ0) is 15.0. The minimum absolute atomic E-state index is 1.47. The Morgan fingerprint density at radius 1 is 0.333 bits per heavy atom. The molecule has 0 bridgehead atoms. The minimum Gasteiger partial charge on any atom is -0.145 e. The summed E-state index contributed by atoms with van der Waals surface area (Å²) in [6, 6.07) is 0. The molecule has 21 heavy (non-hydrogen) atoms. The monoisotopic (exact) mass is 330 g/mol. The van der Waals surface area contributed by atoms with Gasteiger partial charge in [0.05, 0.1) is 0 Å². The van der Waals surface area contributed by atoms with E-state index in [9.17, 15) is 0 Å². The van der Waals surface area contributed by atoms with Crippen molar-refractivity contribution in [3.8, 4) is 0 Å². The van der Waals surface area contributed by atoms with Crippen molar-refractivity contribution in [2.75, 3.05) is 0 Å². The van der Waals surface area contributed by atoms with Crippen LogP contribution in [0.5, 0.6) is 0 Å². The van der Waals surface area contributed by atoms with Gasteiger partial charge >= 0.3 is 0 Å². The van der Waals surface area contributed by atoms with Gasteiger partial charge < -0.3 is 0 Å². The summed E-state index contributed by atoms with van der Waals surface area (Å²) in [5, 5.41) is 9.10. The molecule has 0 aliphatic heterocycles. The second-order valence-corrected chi connectivity index (χ2v) is 10.2. The van der Waals surface area contributed by atoms with Gasteiger partial charge in [-0.25, -0.2) is 0 Å². The van der Waals surface area contributed by atoms with Gasteiger partial charge in [-0.3, -0.25) is 0 Å². The summed E-state index contributed by atoms with van der Waals surface area (Å²) in [4.78, 5) is 8.83. The largest absolute Gasteiger partial charge is 0.145 e. The van der Waals surface area contributed by atoms with E-state index in [1.165, 1.54) is 61.6 Å². The fourth-order valence-corrected chi connectivity index (χ4v) is 7.07. The Kier molecular flexibility index (Phi) is 2.82. The van der Waals surface area contributed by atoms with E-state index >= 15 is 0 Å². The van der Waals surface area contributed by atoms with E-state index in [-0.39, 0.29) is 0 Å². The number of hydrogen-bond acceptors (Lipinski definition) is 3. The zero-order valence-corrected chi connectivity index (χ0v) is 15.7. The van der Waals surface area contributed by atoms with E-state index in [1.54, 1.807) is 0 Å². The lowest BCUT2D eigenvalue weighted by Gasteiger charge is -2.05. The molecule has 0 atom stereocenters. The van der Waals surface area contributed by atoms with Crippen LogP contribution >= 0.6 is 34.0 Å². The second kappa shape index (κ2) is 4.31. The number of benzene rings is 1. The van der Waals surface area contributed by atoms with Gasteiger partial charge in [-0.15, -0.1) is 34.0 Å². The minimum atomic E-state index is 1.47. The molecule has 4 aromatic rings. The predicted octanol–water partition coefficient (Wildman–Crippen LogP) is 7.18. The molecule has 1 aromatic carbocycles. The molecule has 0 nitrogen and oxygen atoms in total. The van der Waals surface area contributed by atoms with Crippen LogP contribution in [0.25, 0.3) is 32.3 Å². The van der Waals surface area contributed by atoms with Crippen LogP contribution in [-0.4, -0.2) is 0 Å². The molecule has 3 heterocycles. The maximum Gasteiger partial charge on any atom is 0.0102 e. The van der Waals surface area contributed by atoms with Gasteiger partial charge in [-0.05, 0) is 41.5 Å². The number of fused-ring (bicyclic) bond motifs is 6. The summed E-state index contributed by atoms with van der Waals surface area (Å²) in [7, 11) is 0. The van der Waals surface area contributed by atoms with E-state index < -0.39 is 0 Å². The van der Waals surface area contributed by atoms with Crippen LogP contribution in [-0.2, 0) is 0 Å². The summed E-state index contributed by atoms with van der Waals surface area (Å²) in [5.74, 6) is 0. The Morgan fingerprint density at radius 2 is 0.476 bits per heavy atom. The lowest BCUT2D eigenvalue weighted by Crippen LogP contribution is -1.81. The fourth-order valence-electron chi connectivity index (χ4n) is 3.86. The van der Waals surface area contributed by atoms with Crippen molar-refractivity contribution in [2.45, 2.75) is 41.5 Å². The molecule has 3 heteroatoms. The van der Waals surface area contributed by atoms with Gasteiger partial charge in [0.25, 0.3) is 0 Å². The van der Waals surface area contributed by atoms with Gasteiger partial charge in [-0.1, -0.05) is 0 Å². The topological polar surface area (TPSA) is 0 Å². The summed E-state index contributed by atoms with van der Waals surface area (Å²) < 4.78 is 0. The van der Waals surface area contributed by atoms with Crippen LogP contribution in [0.2, 0.25) is 0 Å². The standard InChI is InChI=1S/C18H18S3/c1-7-13-14(8(2)19-7)16-10(4)21-12(6)18(16)17-11(5)20-9(3)15(13)17/h1-6H3. The number of thiophene rings is 3. The molecular weight excluding hydrogens is 312 g/mol. The molecule has 0 saturated carbocycles. The third-order valence-electron chi connectivity index (χ3n) is 4.53. The maximum absolute atomic E-state index is 2.28. The lowest BCUT2D eigenvalue weighted by molar-refractivity contribution is 1.65. The molecule has 0 amide bonds. The van der Waals surface area contributed by atoms with Crippen molar-refractivity contribution in [1.29, 1.82) is 0 Å². The molecule has 0 N–H and O–H groups in total. The van der Waals surface area contributed by atoms with E-state index in [2.05, 4.69) is 41.5 Å². The molecule has 0 aliphatic carbocycles. The summed E-state index contributed by atoms with van der Waals surface area (Å²) in [6.07, 6.45) is 0. The van der Waals surface area contributed by atoms with Crippen molar-refractivity contribution in [3.63, 3.8) is 0 Å². The summed E-state index contributed by atoms with van der Waals surface area (Å²) in [5.41, 5.74) is 0. The fraction of sp³-hybridized carbons (Fsp3) is 0.333. The van der Waals surface area contributed by atoms with Gasteiger partial charge in [0.15, 0.2) is 0 Å². The lowest BCUT2D eigenvalue weighted by atomic mass is 9.96. The van der Waals surface area contributed by atoms with Gasteiger partial charge in [-0.2, -0.15) is 0 Å². The highest BCUT2D eigenvalue weighted by molar-refractivity contribution is 7.16. The van der Waals surface area contributed by atoms with Crippen molar-refractivity contribution >= 4 is 66.3 Å².